The molecule has 0 spiro atoms. The van der Waals surface area contributed by atoms with Crippen molar-refractivity contribution in [2.45, 2.75) is 57.0 Å². The highest BCUT2D eigenvalue weighted by Crippen LogP contribution is 2.24. The predicted octanol–water partition coefficient (Wildman–Crippen LogP) is 2.75. The van der Waals surface area contributed by atoms with Gasteiger partial charge in [0.15, 0.2) is 12.0 Å². The number of carbonyl (C=O) groups is 1. The number of H-pyrrole nitrogens is 1. The molecule has 4 unspecified atom stereocenters. The fourth-order valence-electron chi connectivity index (χ4n) is 3.87. The molecule has 3 N–H and O–H groups in total. The number of aromatic nitrogens is 2. The zero-order valence-electron chi connectivity index (χ0n) is 15.5. The summed E-state index contributed by atoms with van der Waals surface area (Å²) in [7, 11) is 0. The zero-order chi connectivity index (χ0) is 19.7. The third kappa shape index (κ3) is 3.93. The molecule has 0 aromatic carbocycles. The molecule has 0 bridgehead atoms. The molecule has 1 fully saturated rings. The number of pyridine rings is 1. The van der Waals surface area contributed by atoms with Gasteiger partial charge in [-0.15, -0.1) is 0 Å². The summed E-state index contributed by atoms with van der Waals surface area (Å²) in [5, 5.41) is 7.56. The van der Waals surface area contributed by atoms with Gasteiger partial charge in [0.25, 0.3) is 0 Å². The van der Waals surface area contributed by atoms with E-state index in [1.54, 1.807) is 18.5 Å². The van der Waals surface area contributed by atoms with Crippen LogP contribution in [0.15, 0.2) is 28.4 Å². The first kappa shape index (κ1) is 19.0. The maximum absolute atomic E-state index is 14.5. The average Bonchev–Trinajstić information content (AvgIpc) is 3.07. The molecule has 0 radical (unpaired) electrons. The van der Waals surface area contributed by atoms with Gasteiger partial charge in [-0.3, -0.25) is 10.1 Å². The summed E-state index contributed by atoms with van der Waals surface area (Å²) in [5.74, 6) is 0.349. The second-order valence-corrected chi connectivity index (χ2v) is 7.67. The van der Waals surface area contributed by atoms with Gasteiger partial charge in [-0.1, -0.05) is 24.4 Å². The van der Waals surface area contributed by atoms with Crippen LogP contribution in [-0.2, 0) is 4.79 Å². The normalized spacial score (nSPS) is 27.6. The molecule has 2 aliphatic rings. The van der Waals surface area contributed by atoms with Gasteiger partial charge in [-0.05, 0) is 18.9 Å². The largest absolute Gasteiger partial charge is 0.352 e. The van der Waals surface area contributed by atoms with E-state index in [1.807, 2.05) is 0 Å². The SMILES string of the molecule is CC(=O)NC1CCCCC1NC1N=C(c2c[nH]c3ncc(Cl)cc23)N=CC1F. The van der Waals surface area contributed by atoms with Crippen LogP contribution in [0.2, 0.25) is 5.02 Å². The Morgan fingerprint density at radius 3 is 2.89 bits per heavy atom. The molecule has 1 saturated carbocycles. The van der Waals surface area contributed by atoms with E-state index in [9.17, 15) is 9.18 Å². The summed E-state index contributed by atoms with van der Waals surface area (Å²) >= 11 is 6.06. The summed E-state index contributed by atoms with van der Waals surface area (Å²) in [6, 6.07) is 1.73. The van der Waals surface area contributed by atoms with Crippen molar-refractivity contribution in [1.82, 2.24) is 20.6 Å². The van der Waals surface area contributed by atoms with Crippen LogP contribution in [0.3, 0.4) is 0 Å². The molecule has 7 nitrogen and oxygen atoms in total. The Balaban J connectivity index is 1.58. The zero-order valence-corrected chi connectivity index (χ0v) is 16.2. The number of carbonyl (C=O) groups excluding carboxylic acids is 1. The van der Waals surface area contributed by atoms with E-state index in [-0.39, 0.29) is 18.0 Å². The van der Waals surface area contributed by atoms with Crippen molar-refractivity contribution in [1.29, 1.82) is 0 Å². The molecular weight excluding hydrogens is 383 g/mol. The van der Waals surface area contributed by atoms with Crippen LogP contribution >= 0.6 is 11.6 Å². The Morgan fingerprint density at radius 2 is 2.11 bits per heavy atom. The van der Waals surface area contributed by atoms with Crippen molar-refractivity contribution in [3.05, 3.63) is 29.0 Å². The van der Waals surface area contributed by atoms with E-state index in [0.29, 0.717) is 16.5 Å². The number of amides is 1. The Morgan fingerprint density at radius 1 is 1.32 bits per heavy atom. The first-order chi connectivity index (χ1) is 13.5. The molecule has 3 heterocycles. The minimum absolute atomic E-state index is 0.0212. The van der Waals surface area contributed by atoms with E-state index in [1.165, 1.54) is 13.1 Å². The predicted molar refractivity (Wildman–Crippen MR) is 108 cm³/mol. The van der Waals surface area contributed by atoms with Crippen LogP contribution in [0, 0.1) is 0 Å². The lowest BCUT2D eigenvalue weighted by molar-refractivity contribution is -0.120. The van der Waals surface area contributed by atoms with Crippen molar-refractivity contribution in [2.75, 3.05) is 0 Å². The number of hydrogen-bond donors (Lipinski definition) is 3. The quantitative estimate of drug-likeness (QED) is 0.731. The van der Waals surface area contributed by atoms with Gasteiger partial charge in [0.05, 0.1) is 5.02 Å². The lowest BCUT2D eigenvalue weighted by Crippen LogP contribution is -2.56. The van der Waals surface area contributed by atoms with Crippen LogP contribution in [0.25, 0.3) is 11.0 Å². The highest BCUT2D eigenvalue weighted by molar-refractivity contribution is 6.31. The Labute approximate surface area is 166 Å². The first-order valence-electron chi connectivity index (χ1n) is 9.43. The van der Waals surface area contributed by atoms with Gasteiger partial charge < -0.3 is 10.3 Å². The van der Waals surface area contributed by atoms with E-state index in [0.717, 1.165) is 36.6 Å². The molecule has 9 heteroatoms. The fraction of sp³-hybridized carbons (Fsp3) is 0.474. The Kier molecular flexibility index (Phi) is 5.41. The number of fused-ring (bicyclic) bond motifs is 1. The summed E-state index contributed by atoms with van der Waals surface area (Å²) < 4.78 is 14.5. The maximum Gasteiger partial charge on any atom is 0.217 e. The maximum atomic E-state index is 14.5. The molecule has 4 rings (SSSR count). The van der Waals surface area contributed by atoms with Crippen LogP contribution in [0.4, 0.5) is 4.39 Å². The second kappa shape index (κ2) is 7.97. The van der Waals surface area contributed by atoms with E-state index >= 15 is 0 Å². The number of nitrogens with zero attached hydrogens (tertiary/aromatic N) is 3. The summed E-state index contributed by atoms with van der Waals surface area (Å²) in [6.45, 7) is 1.50. The number of hydrogen-bond acceptors (Lipinski definition) is 5. The molecule has 2 aromatic heterocycles. The number of rotatable bonds is 4. The topological polar surface area (TPSA) is 94.5 Å². The number of aromatic amines is 1. The Bertz CT molecular complexity index is 942. The van der Waals surface area contributed by atoms with Gasteiger partial charge in [-0.2, -0.15) is 0 Å². The molecule has 1 aliphatic heterocycles. The summed E-state index contributed by atoms with van der Waals surface area (Å²) in [4.78, 5) is 27.5. The van der Waals surface area contributed by atoms with Crippen LogP contribution in [0.1, 0.15) is 38.2 Å². The van der Waals surface area contributed by atoms with Gasteiger partial charge >= 0.3 is 0 Å². The second-order valence-electron chi connectivity index (χ2n) is 7.24. The van der Waals surface area contributed by atoms with Crippen LogP contribution < -0.4 is 10.6 Å². The minimum atomic E-state index is -1.34. The number of nitrogens with one attached hydrogen (secondary N) is 3. The third-order valence-corrected chi connectivity index (χ3v) is 5.39. The highest BCUT2D eigenvalue weighted by atomic mass is 35.5. The van der Waals surface area contributed by atoms with E-state index in [2.05, 4.69) is 30.6 Å². The lowest BCUT2D eigenvalue weighted by atomic mass is 9.90. The first-order valence-corrected chi connectivity index (χ1v) is 9.81. The van der Waals surface area contributed by atoms with Crippen molar-refractivity contribution in [3.8, 4) is 0 Å². The number of aliphatic imine (C=N–C) groups is 2. The van der Waals surface area contributed by atoms with E-state index < -0.39 is 12.3 Å². The molecule has 2 aromatic rings. The van der Waals surface area contributed by atoms with Crippen molar-refractivity contribution >= 4 is 40.6 Å². The van der Waals surface area contributed by atoms with Crippen LogP contribution in [0.5, 0.6) is 0 Å². The van der Waals surface area contributed by atoms with Gasteiger partial charge in [0.2, 0.25) is 5.91 Å². The monoisotopic (exact) mass is 404 g/mol. The van der Waals surface area contributed by atoms with Crippen LogP contribution in [-0.4, -0.2) is 52.3 Å². The Hall–Kier alpha value is -2.32. The average molecular weight is 405 g/mol. The van der Waals surface area contributed by atoms with Gasteiger partial charge in [0.1, 0.15) is 11.8 Å². The molecule has 1 aliphatic carbocycles. The summed E-state index contributed by atoms with van der Waals surface area (Å²) in [6.07, 6.45) is 6.30. The number of halogens is 2. The number of amidine groups is 1. The number of alkyl halides is 1. The van der Waals surface area contributed by atoms with Crippen molar-refractivity contribution < 1.29 is 9.18 Å². The molecule has 148 valence electrons. The molecule has 28 heavy (non-hydrogen) atoms. The van der Waals surface area contributed by atoms with Gasteiger partial charge in [0, 0.05) is 48.6 Å². The smallest absolute Gasteiger partial charge is 0.217 e. The highest BCUT2D eigenvalue weighted by Gasteiger charge is 2.32. The molecule has 0 saturated heterocycles. The molecule has 1 amide bonds. The third-order valence-electron chi connectivity index (χ3n) is 5.18. The van der Waals surface area contributed by atoms with E-state index in [4.69, 9.17) is 11.6 Å². The van der Waals surface area contributed by atoms with Crippen molar-refractivity contribution in [3.63, 3.8) is 0 Å². The summed E-state index contributed by atoms with van der Waals surface area (Å²) in [5.41, 5.74) is 1.39. The molecule has 4 atom stereocenters. The molecular formula is C19H22ClFN6O. The standard InChI is InChI=1S/C19H22ClFN6O/c1-10(28)25-15-4-2-3-5-16(15)26-19-14(21)9-24-18(27-19)13-8-23-17-12(13)6-11(20)7-22-17/h6-9,14-16,19,26H,2-5H2,1H3,(H,22,23)(H,25,28). The fourth-order valence-corrected chi connectivity index (χ4v) is 4.03. The minimum Gasteiger partial charge on any atom is -0.352 e. The van der Waals surface area contributed by atoms with Crippen molar-refractivity contribution in [2.24, 2.45) is 9.98 Å². The lowest BCUT2D eigenvalue weighted by Gasteiger charge is -2.35. The van der Waals surface area contributed by atoms with Gasteiger partial charge in [-0.25, -0.2) is 19.4 Å².